The minimum atomic E-state index is -0.392. The molecule has 2 heterocycles. The molecule has 5 nitrogen and oxygen atoms in total. The van der Waals surface area contributed by atoms with Gasteiger partial charge in [0.2, 0.25) is 5.78 Å². The third-order valence-corrected chi connectivity index (χ3v) is 2.40. The molecule has 1 N–H and O–H groups in total. The molecule has 0 amide bonds. The molecular formula is C10H11N3O2. The molecule has 1 aliphatic heterocycles. The number of hydrogen-bond donors (Lipinski definition) is 1. The van der Waals surface area contributed by atoms with E-state index in [9.17, 15) is 9.59 Å². The number of carbonyl (C=O) groups is 2. The molecule has 0 bridgehead atoms. The van der Waals surface area contributed by atoms with Crippen LogP contribution >= 0.6 is 0 Å². The molecule has 78 valence electrons. The van der Waals surface area contributed by atoms with Crippen molar-refractivity contribution >= 4 is 17.8 Å². The molecule has 1 aromatic heterocycles. The zero-order valence-corrected chi connectivity index (χ0v) is 8.09. The number of anilines is 1. The van der Waals surface area contributed by atoms with E-state index >= 15 is 0 Å². The van der Waals surface area contributed by atoms with Crippen molar-refractivity contribution in [2.45, 2.75) is 12.5 Å². The monoisotopic (exact) mass is 205 g/mol. The normalized spacial score (nSPS) is 20.3. The summed E-state index contributed by atoms with van der Waals surface area (Å²) in [5, 5.41) is 1.72. The van der Waals surface area contributed by atoms with Crippen LogP contribution in [0.15, 0.2) is 24.5 Å². The Morgan fingerprint density at radius 3 is 2.93 bits per heavy atom. The second kappa shape index (κ2) is 4.18. The predicted octanol–water partition coefficient (Wildman–Crippen LogP) is -0.0671. The third-order valence-electron chi connectivity index (χ3n) is 2.40. The van der Waals surface area contributed by atoms with Gasteiger partial charge in [0.15, 0.2) is 6.29 Å². The van der Waals surface area contributed by atoms with Crippen LogP contribution in [0, 0.1) is 0 Å². The van der Waals surface area contributed by atoms with E-state index < -0.39 is 5.78 Å². The largest absolute Gasteiger partial charge is 0.297 e. The van der Waals surface area contributed by atoms with E-state index in [0.717, 1.165) is 5.69 Å². The van der Waals surface area contributed by atoms with Crippen LogP contribution in [0.5, 0.6) is 0 Å². The van der Waals surface area contributed by atoms with E-state index in [-0.39, 0.29) is 6.04 Å². The summed E-state index contributed by atoms with van der Waals surface area (Å²) < 4.78 is 0. The van der Waals surface area contributed by atoms with Crippen LogP contribution in [-0.2, 0) is 9.59 Å². The number of hydrazine groups is 1. The Morgan fingerprint density at radius 2 is 2.27 bits per heavy atom. The smallest absolute Gasteiger partial charge is 0.219 e. The molecule has 1 saturated heterocycles. The van der Waals surface area contributed by atoms with Crippen molar-refractivity contribution in [3.05, 3.63) is 24.5 Å². The standard InChI is InChI=1S/C10H11N3O2/c14-7-10(15)9-3-6-12-13(9)8-1-4-11-5-2-8/h1-2,4-5,7,9,12H,3,6H2. The van der Waals surface area contributed by atoms with Crippen molar-refractivity contribution < 1.29 is 9.59 Å². The number of nitrogens with zero attached hydrogens (tertiary/aromatic N) is 2. The van der Waals surface area contributed by atoms with Gasteiger partial charge in [-0.2, -0.15) is 0 Å². The summed E-state index contributed by atoms with van der Waals surface area (Å²) in [6.45, 7) is 0.701. The van der Waals surface area contributed by atoms with Crippen molar-refractivity contribution in [3.8, 4) is 0 Å². The Morgan fingerprint density at radius 1 is 1.53 bits per heavy atom. The number of ketones is 1. The Hall–Kier alpha value is -1.75. The van der Waals surface area contributed by atoms with Crippen molar-refractivity contribution in [3.63, 3.8) is 0 Å². The molecule has 15 heavy (non-hydrogen) atoms. The number of aromatic nitrogens is 1. The average molecular weight is 205 g/mol. The SMILES string of the molecule is O=CC(=O)C1CCNN1c1ccncc1. The molecule has 0 saturated carbocycles. The minimum Gasteiger partial charge on any atom is -0.297 e. The summed E-state index contributed by atoms with van der Waals surface area (Å²) in [7, 11) is 0. The Balaban J connectivity index is 2.22. The Labute approximate surface area is 87.1 Å². The molecule has 1 aromatic rings. The summed E-state index contributed by atoms with van der Waals surface area (Å²) in [4.78, 5) is 25.7. The lowest BCUT2D eigenvalue weighted by Gasteiger charge is -2.23. The first-order chi connectivity index (χ1) is 7.33. The lowest BCUT2D eigenvalue weighted by molar-refractivity contribution is -0.130. The number of pyridine rings is 1. The molecule has 1 aliphatic rings. The lowest BCUT2D eigenvalue weighted by Crippen LogP contribution is -2.42. The summed E-state index contributed by atoms with van der Waals surface area (Å²) in [6.07, 6.45) is 4.33. The maximum absolute atomic E-state index is 11.3. The molecule has 0 spiro atoms. The molecule has 0 aromatic carbocycles. The zero-order chi connectivity index (χ0) is 10.7. The van der Waals surface area contributed by atoms with Crippen molar-refractivity contribution in [1.29, 1.82) is 0 Å². The van der Waals surface area contributed by atoms with Crippen LogP contribution in [0.1, 0.15) is 6.42 Å². The van der Waals surface area contributed by atoms with Crippen LogP contribution in [-0.4, -0.2) is 29.6 Å². The third kappa shape index (κ3) is 1.87. The van der Waals surface area contributed by atoms with Gasteiger partial charge in [-0.3, -0.25) is 19.6 Å². The predicted molar refractivity (Wildman–Crippen MR) is 54.2 cm³/mol. The van der Waals surface area contributed by atoms with Crippen LogP contribution in [0.25, 0.3) is 0 Å². The molecule has 5 heteroatoms. The second-order valence-electron chi connectivity index (χ2n) is 3.31. The van der Waals surface area contributed by atoms with Gasteiger partial charge in [0.25, 0.3) is 0 Å². The summed E-state index contributed by atoms with van der Waals surface area (Å²) in [5.41, 5.74) is 3.91. The van der Waals surface area contributed by atoms with Crippen LogP contribution in [0.4, 0.5) is 5.69 Å². The number of nitrogens with one attached hydrogen (secondary N) is 1. The van der Waals surface area contributed by atoms with Gasteiger partial charge in [0.05, 0.1) is 5.69 Å². The van der Waals surface area contributed by atoms with E-state index in [1.807, 2.05) is 0 Å². The van der Waals surface area contributed by atoms with Gasteiger partial charge in [-0.15, -0.1) is 0 Å². The van der Waals surface area contributed by atoms with Crippen molar-refractivity contribution in [1.82, 2.24) is 10.4 Å². The molecule has 1 fully saturated rings. The maximum atomic E-state index is 11.3. The highest BCUT2D eigenvalue weighted by Crippen LogP contribution is 2.19. The number of aldehydes is 1. The zero-order valence-electron chi connectivity index (χ0n) is 8.09. The fraction of sp³-hybridized carbons (Fsp3) is 0.300. The van der Waals surface area contributed by atoms with E-state index in [1.165, 1.54) is 0 Å². The highest BCUT2D eigenvalue weighted by Gasteiger charge is 2.30. The highest BCUT2D eigenvalue weighted by molar-refractivity contribution is 6.28. The molecule has 2 rings (SSSR count). The minimum absolute atomic E-state index is 0.381. The van der Waals surface area contributed by atoms with E-state index in [1.54, 1.807) is 29.5 Å². The first-order valence-corrected chi connectivity index (χ1v) is 4.74. The van der Waals surface area contributed by atoms with Crippen molar-refractivity contribution in [2.24, 2.45) is 0 Å². The topological polar surface area (TPSA) is 62.3 Å². The van der Waals surface area contributed by atoms with Gasteiger partial charge in [-0.05, 0) is 18.6 Å². The molecule has 0 aliphatic carbocycles. The Kier molecular flexibility index (Phi) is 2.73. The molecular weight excluding hydrogens is 194 g/mol. The van der Waals surface area contributed by atoms with E-state index in [0.29, 0.717) is 19.3 Å². The number of rotatable bonds is 3. The molecule has 1 atom stereocenters. The second-order valence-corrected chi connectivity index (χ2v) is 3.31. The number of Topliss-reactive ketones (excluding diaryl/α,β-unsaturated/α-hetero) is 1. The molecule has 0 radical (unpaired) electrons. The number of hydrogen-bond acceptors (Lipinski definition) is 5. The van der Waals surface area contributed by atoms with Gasteiger partial charge in [-0.1, -0.05) is 0 Å². The lowest BCUT2D eigenvalue weighted by atomic mass is 10.1. The van der Waals surface area contributed by atoms with Gasteiger partial charge in [0, 0.05) is 18.9 Å². The molecule has 1 unspecified atom stereocenters. The first-order valence-electron chi connectivity index (χ1n) is 4.74. The van der Waals surface area contributed by atoms with Crippen LogP contribution < -0.4 is 10.4 Å². The van der Waals surface area contributed by atoms with Crippen LogP contribution in [0.2, 0.25) is 0 Å². The fourth-order valence-electron chi connectivity index (χ4n) is 1.68. The first kappa shape index (κ1) is 9.79. The van der Waals surface area contributed by atoms with E-state index in [2.05, 4.69) is 10.4 Å². The maximum Gasteiger partial charge on any atom is 0.219 e. The van der Waals surface area contributed by atoms with Gasteiger partial charge in [0.1, 0.15) is 6.04 Å². The van der Waals surface area contributed by atoms with Crippen molar-refractivity contribution in [2.75, 3.05) is 11.6 Å². The summed E-state index contributed by atoms with van der Waals surface area (Å²) in [5.74, 6) is -0.392. The quantitative estimate of drug-likeness (QED) is 0.553. The summed E-state index contributed by atoms with van der Waals surface area (Å²) >= 11 is 0. The average Bonchev–Trinajstić information content (AvgIpc) is 2.78. The highest BCUT2D eigenvalue weighted by atomic mass is 16.2. The van der Waals surface area contributed by atoms with E-state index in [4.69, 9.17) is 0 Å². The summed E-state index contributed by atoms with van der Waals surface area (Å²) in [6, 6.07) is 3.21. The van der Waals surface area contributed by atoms with Gasteiger partial charge < -0.3 is 0 Å². The number of carbonyl (C=O) groups excluding carboxylic acids is 2. The Bertz CT molecular complexity index is 366. The van der Waals surface area contributed by atoms with Gasteiger partial charge in [-0.25, -0.2) is 5.43 Å². The fourth-order valence-corrected chi connectivity index (χ4v) is 1.68. The van der Waals surface area contributed by atoms with Crippen LogP contribution in [0.3, 0.4) is 0 Å². The van der Waals surface area contributed by atoms with Gasteiger partial charge >= 0.3 is 0 Å².